The minimum Gasteiger partial charge on any atom is -0.378 e. The summed E-state index contributed by atoms with van der Waals surface area (Å²) in [6.07, 6.45) is 6.71. The lowest BCUT2D eigenvalue weighted by atomic mass is 10.1. The molecule has 0 unspecified atom stereocenters. The van der Waals surface area contributed by atoms with Crippen LogP contribution in [0.25, 0.3) is 0 Å². The predicted molar refractivity (Wildman–Crippen MR) is 95.6 cm³/mol. The molecule has 3 heterocycles. The van der Waals surface area contributed by atoms with Crippen molar-refractivity contribution in [2.75, 3.05) is 25.0 Å². The van der Waals surface area contributed by atoms with E-state index in [1.54, 1.807) is 30.6 Å². The number of ether oxygens (including phenoxy) is 1. The first-order valence-corrected chi connectivity index (χ1v) is 8.80. The molecule has 0 spiro atoms. The van der Waals surface area contributed by atoms with Crippen LogP contribution in [0.5, 0.6) is 0 Å². The second kappa shape index (κ2) is 8.57. The molecule has 1 aliphatic heterocycles. The highest BCUT2D eigenvalue weighted by atomic mass is 16.5. The lowest BCUT2D eigenvalue weighted by Gasteiger charge is -2.31. The van der Waals surface area contributed by atoms with Crippen LogP contribution in [0.15, 0.2) is 36.8 Å². The zero-order valence-electron chi connectivity index (χ0n) is 14.8. The van der Waals surface area contributed by atoms with Crippen molar-refractivity contribution in [3.63, 3.8) is 0 Å². The molecule has 0 radical (unpaired) electrons. The first-order valence-electron chi connectivity index (χ1n) is 8.80. The van der Waals surface area contributed by atoms with Crippen molar-refractivity contribution in [1.82, 2.24) is 19.7 Å². The Kier molecular flexibility index (Phi) is 5.96. The van der Waals surface area contributed by atoms with Crippen LogP contribution >= 0.6 is 0 Å². The standard InChI is InChI=1S/C18H23N5O3/c1-2-26-15-6-9-22(10-7-15)17(24)13-23-12-14(11-20-23)21-18(25)16-5-3-4-8-19-16/h3-5,8,11-12,15H,2,6-7,9-10,13H2,1H3,(H,21,25). The molecule has 1 saturated heterocycles. The molecule has 1 N–H and O–H groups in total. The molecule has 1 fully saturated rings. The van der Waals surface area contributed by atoms with Crippen LogP contribution < -0.4 is 5.32 Å². The monoisotopic (exact) mass is 357 g/mol. The van der Waals surface area contributed by atoms with E-state index in [0.29, 0.717) is 31.1 Å². The summed E-state index contributed by atoms with van der Waals surface area (Å²) in [5, 5.41) is 6.88. The van der Waals surface area contributed by atoms with Crippen molar-refractivity contribution in [2.45, 2.75) is 32.4 Å². The van der Waals surface area contributed by atoms with E-state index in [-0.39, 0.29) is 24.5 Å². The average molecular weight is 357 g/mol. The zero-order chi connectivity index (χ0) is 18.4. The van der Waals surface area contributed by atoms with Gasteiger partial charge < -0.3 is 15.0 Å². The number of nitrogens with one attached hydrogen (secondary N) is 1. The van der Waals surface area contributed by atoms with Crippen LogP contribution in [-0.4, -0.2) is 57.3 Å². The van der Waals surface area contributed by atoms with E-state index >= 15 is 0 Å². The number of carbonyl (C=O) groups excluding carboxylic acids is 2. The molecule has 0 aromatic carbocycles. The predicted octanol–water partition coefficient (Wildman–Crippen LogP) is 1.56. The van der Waals surface area contributed by atoms with Crippen molar-refractivity contribution in [3.05, 3.63) is 42.5 Å². The van der Waals surface area contributed by atoms with Crippen LogP contribution in [0.3, 0.4) is 0 Å². The fourth-order valence-corrected chi connectivity index (χ4v) is 2.95. The second-order valence-electron chi connectivity index (χ2n) is 6.13. The Hall–Kier alpha value is -2.74. The highest BCUT2D eigenvalue weighted by molar-refractivity contribution is 6.02. The summed E-state index contributed by atoms with van der Waals surface area (Å²) < 4.78 is 7.14. The van der Waals surface area contributed by atoms with Gasteiger partial charge in [-0.05, 0) is 31.9 Å². The van der Waals surface area contributed by atoms with Gasteiger partial charge in [0.05, 0.1) is 18.0 Å². The molecule has 138 valence electrons. The molecule has 2 aromatic heterocycles. The van der Waals surface area contributed by atoms with Crippen LogP contribution in [0.4, 0.5) is 5.69 Å². The van der Waals surface area contributed by atoms with E-state index < -0.39 is 0 Å². The Labute approximate surface area is 152 Å². The van der Waals surface area contributed by atoms with Crippen molar-refractivity contribution in [2.24, 2.45) is 0 Å². The topological polar surface area (TPSA) is 89.4 Å². The third-order valence-electron chi connectivity index (χ3n) is 4.28. The van der Waals surface area contributed by atoms with Crippen LogP contribution in [-0.2, 0) is 16.1 Å². The van der Waals surface area contributed by atoms with E-state index in [1.807, 2.05) is 11.8 Å². The van der Waals surface area contributed by atoms with Gasteiger partial charge in [-0.3, -0.25) is 19.3 Å². The third-order valence-corrected chi connectivity index (χ3v) is 4.28. The molecule has 1 aliphatic rings. The quantitative estimate of drug-likeness (QED) is 0.847. The number of nitrogens with zero attached hydrogens (tertiary/aromatic N) is 4. The second-order valence-corrected chi connectivity index (χ2v) is 6.13. The van der Waals surface area contributed by atoms with Crippen LogP contribution in [0.2, 0.25) is 0 Å². The van der Waals surface area contributed by atoms with Gasteiger partial charge in [0.2, 0.25) is 5.91 Å². The number of rotatable bonds is 6. The van der Waals surface area contributed by atoms with Gasteiger partial charge in [0, 0.05) is 32.1 Å². The van der Waals surface area contributed by atoms with E-state index in [0.717, 1.165) is 12.8 Å². The molecule has 26 heavy (non-hydrogen) atoms. The lowest BCUT2D eigenvalue weighted by molar-refractivity contribution is -0.134. The number of hydrogen-bond donors (Lipinski definition) is 1. The minimum absolute atomic E-state index is 0.0191. The molecule has 0 bridgehead atoms. The number of pyridine rings is 1. The molecule has 3 rings (SSSR count). The van der Waals surface area contributed by atoms with Crippen LogP contribution in [0.1, 0.15) is 30.3 Å². The molecule has 2 aromatic rings. The fourth-order valence-electron chi connectivity index (χ4n) is 2.95. The van der Waals surface area contributed by atoms with Crippen molar-refractivity contribution >= 4 is 17.5 Å². The Morgan fingerprint density at radius 3 is 2.81 bits per heavy atom. The summed E-state index contributed by atoms with van der Waals surface area (Å²) >= 11 is 0. The summed E-state index contributed by atoms with van der Waals surface area (Å²) in [5.41, 5.74) is 0.858. The van der Waals surface area contributed by atoms with Gasteiger partial charge in [-0.15, -0.1) is 0 Å². The van der Waals surface area contributed by atoms with Gasteiger partial charge in [0.15, 0.2) is 0 Å². The average Bonchev–Trinajstić information content (AvgIpc) is 3.10. The van der Waals surface area contributed by atoms with Gasteiger partial charge in [-0.25, -0.2) is 0 Å². The molecule has 8 heteroatoms. The number of hydrogen-bond acceptors (Lipinski definition) is 5. The molecular formula is C18H23N5O3. The summed E-state index contributed by atoms with van der Waals surface area (Å²) in [5.74, 6) is -0.292. The molecule has 0 atom stereocenters. The van der Waals surface area contributed by atoms with E-state index in [2.05, 4.69) is 15.4 Å². The number of likely N-dealkylation sites (tertiary alicyclic amines) is 1. The number of carbonyl (C=O) groups is 2. The Morgan fingerprint density at radius 2 is 2.12 bits per heavy atom. The van der Waals surface area contributed by atoms with Crippen molar-refractivity contribution < 1.29 is 14.3 Å². The minimum atomic E-state index is -0.311. The van der Waals surface area contributed by atoms with E-state index in [4.69, 9.17) is 4.74 Å². The summed E-state index contributed by atoms with van der Waals surface area (Å²) in [6.45, 7) is 4.25. The first-order chi connectivity index (χ1) is 12.7. The van der Waals surface area contributed by atoms with Crippen LogP contribution in [0, 0.1) is 0 Å². The van der Waals surface area contributed by atoms with Gasteiger partial charge in [0.1, 0.15) is 12.2 Å². The van der Waals surface area contributed by atoms with Crippen molar-refractivity contribution in [1.29, 1.82) is 0 Å². The van der Waals surface area contributed by atoms with E-state index in [1.165, 1.54) is 10.9 Å². The summed E-state index contributed by atoms with van der Waals surface area (Å²) in [4.78, 5) is 30.3. The largest absolute Gasteiger partial charge is 0.378 e. The Balaban J connectivity index is 1.50. The normalized spacial score (nSPS) is 15.0. The maximum Gasteiger partial charge on any atom is 0.274 e. The van der Waals surface area contributed by atoms with Crippen molar-refractivity contribution in [3.8, 4) is 0 Å². The molecule has 0 saturated carbocycles. The Morgan fingerprint density at radius 1 is 1.31 bits per heavy atom. The first kappa shape index (κ1) is 18.1. The van der Waals surface area contributed by atoms with Gasteiger partial charge in [0.25, 0.3) is 5.91 Å². The van der Waals surface area contributed by atoms with E-state index in [9.17, 15) is 9.59 Å². The Bertz CT molecular complexity index is 738. The maximum absolute atomic E-state index is 12.4. The molecule has 8 nitrogen and oxygen atoms in total. The highest BCUT2D eigenvalue weighted by Crippen LogP contribution is 2.14. The number of amides is 2. The zero-order valence-corrected chi connectivity index (χ0v) is 14.8. The van der Waals surface area contributed by atoms with Gasteiger partial charge in [-0.1, -0.05) is 6.07 Å². The van der Waals surface area contributed by atoms with Gasteiger partial charge >= 0.3 is 0 Å². The number of aromatic nitrogens is 3. The fraction of sp³-hybridized carbons (Fsp3) is 0.444. The molecule has 0 aliphatic carbocycles. The van der Waals surface area contributed by atoms with Gasteiger partial charge in [-0.2, -0.15) is 5.10 Å². The maximum atomic E-state index is 12.4. The summed E-state index contributed by atoms with van der Waals surface area (Å²) in [6, 6.07) is 5.13. The number of anilines is 1. The summed E-state index contributed by atoms with van der Waals surface area (Å²) in [7, 11) is 0. The number of piperidine rings is 1. The highest BCUT2D eigenvalue weighted by Gasteiger charge is 2.23. The smallest absolute Gasteiger partial charge is 0.274 e. The lowest BCUT2D eigenvalue weighted by Crippen LogP contribution is -2.42. The molecular weight excluding hydrogens is 334 g/mol. The third kappa shape index (κ3) is 4.66. The molecule has 2 amide bonds. The SMILES string of the molecule is CCOC1CCN(C(=O)Cn2cc(NC(=O)c3ccccn3)cn2)CC1.